The number of aromatic nitrogens is 3. The van der Waals surface area contributed by atoms with E-state index in [0.29, 0.717) is 47.1 Å². The van der Waals surface area contributed by atoms with Gasteiger partial charge in [-0.25, -0.2) is 9.59 Å². The third kappa shape index (κ3) is 6.37. The number of carbonyl (C=O) groups excluding carboxylic acids is 2. The maximum absolute atomic E-state index is 13.0. The highest BCUT2D eigenvalue weighted by molar-refractivity contribution is 7.99. The Morgan fingerprint density at radius 3 is 2.67 bits per heavy atom. The van der Waals surface area contributed by atoms with Crippen molar-refractivity contribution in [1.82, 2.24) is 25.4 Å². The van der Waals surface area contributed by atoms with E-state index in [0.717, 1.165) is 12.0 Å². The Balaban J connectivity index is 1.68. The Morgan fingerprint density at radius 2 is 1.97 bits per heavy atom. The minimum atomic E-state index is -0.787. The van der Waals surface area contributed by atoms with Gasteiger partial charge in [0, 0.05) is 37.3 Å². The molecule has 0 aliphatic carbocycles. The van der Waals surface area contributed by atoms with Gasteiger partial charge in [-0.2, -0.15) is 0 Å². The summed E-state index contributed by atoms with van der Waals surface area (Å²) in [6, 6.07) is 7.69. The standard InChI is InChI=1S/C26H31N5O7S/c1-5-37-24(32)21-17(27-25(33)28-22(21)19-8-6-13-38-19)15-39-26-30-29-23(31(26)11-7-12-34-2)16-9-10-18(35-3)20(14-16)36-4/h6,8-10,13-14,22H,5,7,11-12,15H2,1-4H3,(H2,27,28,33). The van der Waals surface area contributed by atoms with Gasteiger partial charge in [-0.1, -0.05) is 11.8 Å². The maximum Gasteiger partial charge on any atom is 0.338 e. The molecule has 1 aliphatic rings. The van der Waals surface area contributed by atoms with E-state index in [-0.39, 0.29) is 17.9 Å². The van der Waals surface area contributed by atoms with Crippen LogP contribution in [-0.2, 0) is 20.8 Å². The zero-order valence-corrected chi connectivity index (χ0v) is 23.0. The Morgan fingerprint density at radius 1 is 1.15 bits per heavy atom. The summed E-state index contributed by atoms with van der Waals surface area (Å²) in [7, 11) is 4.80. The fourth-order valence-corrected chi connectivity index (χ4v) is 5.07. The van der Waals surface area contributed by atoms with Gasteiger partial charge >= 0.3 is 12.0 Å². The van der Waals surface area contributed by atoms with Gasteiger partial charge in [0.2, 0.25) is 0 Å². The van der Waals surface area contributed by atoms with Crippen LogP contribution in [0, 0.1) is 0 Å². The van der Waals surface area contributed by atoms with Crippen LogP contribution in [0.4, 0.5) is 4.79 Å². The van der Waals surface area contributed by atoms with Crippen molar-refractivity contribution in [1.29, 1.82) is 0 Å². The molecule has 0 spiro atoms. The zero-order chi connectivity index (χ0) is 27.8. The molecule has 2 amide bonds. The number of furan rings is 1. The second-order valence-electron chi connectivity index (χ2n) is 8.32. The van der Waals surface area contributed by atoms with Gasteiger partial charge in [-0.15, -0.1) is 10.2 Å². The number of nitrogens with one attached hydrogen (secondary N) is 2. The topological polar surface area (TPSA) is 139 Å². The SMILES string of the molecule is CCOC(=O)C1=C(CSc2nnc(-c3ccc(OC)c(OC)c3)n2CCCOC)NC(=O)NC1c1ccco1. The van der Waals surface area contributed by atoms with Crippen LogP contribution in [0.2, 0.25) is 0 Å². The zero-order valence-electron chi connectivity index (χ0n) is 22.2. The second-order valence-corrected chi connectivity index (χ2v) is 9.26. The van der Waals surface area contributed by atoms with E-state index in [1.165, 1.54) is 18.0 Å². The third-order valence-electron chi connectivity index (χ3n) is 5.91. The first-order chi connectivity index (χ1) is 19.0. The van der Waals surface area contributed by atoms with Gasteiger partial charge in [0.05, 0.1) is 32.7 Å². The number of carbonyl (C=O) groups is 2. The van der Waals surface area contributed by atoms with Crippen LogP contribution in [0.15, 0.2) is 57.4 Å². The summed E-state index contributed by atoms with van der Waals surface area (Å²) in [5.41, 5.74) is 1.47. The summed E-state index contributed by atoms with van der Waals surface area (Å²) < 4.78 is 28.9. The van der Waals surface area contributed by atoms with Crippen LogP contribution in [0.3, 0.4) is 0 Å². The summed E-state index contributed by atoms with van der Waals surface area (Å²) in [4.78, 5) is 25.5. The minimum absolute atomic E-state index is 0.185. The number of esters is 1. The smallest absolute Gasteiger partial charge is 0.338 e. The summed E-state index contributed by atoms with van der Waals surface area (Å²) in [5.74, 6) is 1.92. The predicted molar refractivity (Wildman–Crippen MR) is 143 cm³/mol. The number of amides is 2. The molecule has 12 nitrogen and oxygen atoms in total. The Hall–Kier alpha value is -3.97. The van der Waals surface area contributed by atoms with E-state index in [1.807, 2.05) is 22.8 Å². The molecule has 1 atom stereocenters. The number of thioether (sulfide) groups is 1. The summed E-state index contributed by atoms with van der Waals surface area (Å²) in [6.45, 7) is 3.05. The molecule has 2 N–H and O–H groups in total. The lowest BCUT2D eigenvalue weighted by Crippen LogP contribution is -2.46. The quantitative estimate of drug-likeness (QED) is 0.182. The number of ether oxygens (including phenoxy) is 4. The normalized spacial score (nSPS) is 15.1. The van der Waals surface area contributed by atoms with Crippen LogP contribution in [0.5, 0.6) is 11.5 Å². The Kier molecular flexibility index (Phi) is 9.49. The monoisotopic (exact) mass is 557 g/mol. The number of hydrogen-bond donors (Lipinski definition) is 2. The lowest BCUT2D eigenvalue weighted by atomic mass is 10.0. The lowest BCUT2D eigenvalue weighted by Gasteiger charge is -2.27. The van der Waals surface area contributed by atoms with Gasteiger partial charge in [0.15, 0.2) is 22.5 Å². The van der Waals surface area contributed by atoms with Crippen LogP contribution < -0.4 is 20.1 Å². The molecule has 1 unspecified atom stereocenters. The van der Waals surface area contributed by atoms with Crippen molar-refractivity contribution in [3.05, 3.63) is 53.6 Å². The highest BCUT2D eigenvalue weighted by Gasteiger charge is 2.35. The average molecular weight is 558 g/mol. The van der Waals surface area contributed by atoms with Gasteiger partial charge in [-0.05, 0) is 43.7 Å². The van der Waals surface area contributed by atoms with E-state index in [9.17, 15) is 9.59 Å². The first-order valence-corrected chi connectivity index (χ1v) is 13.3. The molecule has 0 fully saturated rings. The fourth-order valence-electron chi connectivity index (χ4n) is 4.14. The Labute approximate surface area is 230 Å². The van der Waals surface area contributed by atoms with Crippen molar-refractivity contribution in [3.8, 4) is 22.9 Å². The number of rotatable bonds is 13. The fraction of sp³-hybridized carbons (Fsp3) is 0.385. The predicted octanol–water partition coefficient (Wildman–Crippen LogP) is 3.56. The van der Waals surface area contributed by atoms with E-state index in [2.05, 4.69) is 20.8 Å². The molecular formula is C26H31N5O7S. The molecule has 208 valence electrons. The summed E-state index contributed by atoms with van der Waals surface area (Å²) >= 11 is 1.34. The first-order valence-electron chi connectivity index (χ1n) is 12.3. The highest BCUT2D eigenvalue weighted by Crippen LogP contribution is 2.34. The molecule has 0 bridgehead atoms. The van der Waals surface area contributed by atoms with Gasteiger partial charge in [-0.3, -0.25) is 0 Å². The molecule has 1 aliphatic heterocycles. The third-order valence-corrected chi connectivity index (χ3v) is 6.90. The summed E-state index contributed by atoms with van der Waals surface area (Å²) in [5, 5.41) is 15.0. The van der Waals surface area contributed by atoms with Crippen molar-refractivity contribution >= 4 is 23.8 Å². The number of methoxy groups -OCH3 is 3. The molecule has 3 heterocycles. The molecule has 0 saturated carbocycles. The first kappa shape index (κ1) is 28.0. The molecular weight excluding hydrogens is 526 g/mol. The lowest BCUT2D eigenvalue weighted by molar-refractivity contribution is -0.139. The number of benzene rings is 1. The van der Waals surface area contributed by atoms with Gasteiger partial charge in [0.1, 0.15) is 11.8 Å². The van der Waals surface area contributed by atoms with Crippen LogP contribution in [-0.4, -0.2) is 67.1 Å². The molecule has 4 rings (SSSR count). The molecule has 0 radical (unpaired) electrons. The largest absolute Gasteiger partial charge is 0.493 e. The van der Waals surface area contributed by atoms with Gasteiger partial charge < -0.3 is 38.6 Å². The number of hydrogen-bond acceptors (Lipinski definition) is 10. The second kappa shape index (κ2) is 13.2. The van der Waals surface area contributed by atoms with E-state index < -0.39 is 18.0 Å². The van der Waals surface area contributed by atoms with Crippen LogP contribution >= 0.6 is 11.8 Å². The van der Waals surface area contributed by atoms with Crippen molar-refractivity contribution in [2.24, 2.45) is 0 Å². The average Bonchev–Trinajstić information content (AvgIpc) is 3.62. The maximum atomic E-state index is 13.0. The highest BCUT2D eigenvalue weighted by atomic mass is 32.2. The molecule has 3 aromatic rings. The van der Waals surface area contributed by atoms with Crippen molar-refractivity contribution in [2.75, 3.05) is 40.3 Å². The van der Waals surface area contributed by atoms with E-state index in [1.54, 1.807) is 40.4 Å². The van der Waals surface area contributed by atoms with Crippen LogP contribution in [0.25, 0.3) is 11.4 Å². The van der Waals surface area contributed by atoms with Gasteiger partial charge in [0.25, 0.3) is 0 Å². The number of nitrogens with zero attached hydrogens (tertiary/aromatic N) is 3. The molecule has 39 heavy (non-hydrogen) atoms. The molecule has 1 aromatic carbocycles. The van der Waals surface area contributed by atoms with E-state index in [4.69, 9.17) is 23.4 Å². The summed E-state index contributed by atoms with van der Waals surface area (Å²) in [6.07, 6.45) is 2.21. The molecule has 2 aromatic heterocycles. The number of urea groups is 1. The molecule has 13 heteroatoms. The van der Waals surface area contributed by atoms with E-state index >= 15 is 0 Å². The van der Waals surface area contributed by atoms with Crippen LogP contribution in [0.1, 0.15) is 25.1 Å². The van der Waals surface area contributed by atoms with Crippen molar-refractivity contribution in [3.63, 3.8) is 0 Å². The molecule has 0 saturated heterocycles. The van der Waals surface area contributed by atoms with Crippen molar-refractivity contribution < 1.29 is 33.0 Å². The van der Waals surface area contributed by atoms with Crippen molar-refractivity contribution in [2.45, 2.75) is 31.1 Å². The Bertz CT molecular complexity index is 1320. The minimum Gasteiger partial charge on any atom is -0.493 e.